The quantitative estimate of drug-likeness (QED) is 0.741. The number of nitrogens with zero attached hydrogens (tertiary/aromatic N) is 2. The third kappa shape index (κ3) is 5.74. The summed E-state index contributed by atoms with van der Waals surface area (Å²) < 4.78 is 5.35. The molecule has 0 saturated heterocycles. The van der Waals surface area contributed by atoms with Crippen LogP contribution in [-0.4, -0.2) is 61.4 Å². The van der Waals surface area contributed by atoms with Gasteiger partial charge in [0.05, 0.1) is 25.7 Å². The predicted molar refractivity (Wildman–Crippen MR) is 99.6 cm³/mol. The summed E-state index contributed by atoms with van der Waals surface area (Å²) in [6, 6.07) is 7.03. The van der Waals surface area contributed by atoms with Crippen LogP contribution < -0.4 is 10.1 Å². The summed E-state index contributed by atoms with van der Waals surface area (Å²) >= 11 is 0. The number of benzene rings is 1. The normalized spacial score (nSPS) is 13.2. The van der Waals surface area contributed by atoms with Crippen LogP contribution in [0.15, 0.2) is 24.3 Å². The smallest absolute Gasteiger partial charge is 0.237 e. The van der Waals surface area contributed by atoms with E-state index in [-0.39, 0.29) is 24.4 Å². The van der Waals surface area contributed by atoms with E-state index in [0.29, 0.717) is 13.1 Å². The number of amides is 2. The average Bonchev–Trinajstić information content (AvgIpc) is 2.61. The van der Waals surface area contributed by atoms with E-state index in [2.05, 4.69) is 5.32 Å². The first-order chi connectivity index (χ1) is 11.8. The molecule has 1 N–H and O–H groups in total. The fraction of sp³-hybridized carbons (Fsp3) is 0.579. The average molecular weight is 349 g/mol. The molecule has 0 fully saturated rings. The van der Waals surface area contributed by atoms with Gasteiger partial charge in [0.15, 0.2) is 0 Å². The van der Waals surface area contributed by atoms with Crippen molar-refractivity contribution in [3.63, 3.8) is 0 Å². The molecule has 6 heteroatoms. The highest BCUT2D eigenvalue weighted by Crippen LogP contribution is 2.24. The van der Waals surface area contributed by atoms with Crippen molar-refractivity contribution in [1.82, 2.24) is 15.1 Å². The summed E-state index contributed by atoms with van der Waals surface area (Å²) in [7, 11) is 3.40. The van der Waals surface area contributed by atoms with Gasteiger partial charge in [-0.25, -0.2) is 0 Å². The lowest BCUT2D eigenvalue weighted by Crippen LogP contribution is -2.48. The van der Waals surface area contributed by atoms with Gasteiger partial charge in [-0.05, 0) is 40.8 Å². The van der Waals surface area contributed by atoms with Gasteiger partial charge in [0.25, 0.3) is 0 Å². The van der Waals surface area contributed by atoms with Crippen LogP contribution in [0.5, 0.6) is 5.75 Å². The minimum Gasteiger partial charge on any atom is -0.496 e. The van der Waals surface area contributed by atoms with Crippen LogP contribution >= 0.6 is 0 Å². The van der Waals surface area contributed by atoms with Gasteiger partial charge in [0, 0.05) is 18.7 Å². The number of hydrogen-bond donors (Lipinski definition) is 1. The number of hydrogen-bond acceptors (Lipinski definition) is 4. The maximum Gasteiger partial charge on any atom is 0.237 e. The summed E-state index contributed by atoms with van der Waals surface area (Å²) in [4.78, 5) is 28.3. The fourth-order valence-corrected chi connectivity index (χ4v) is 2.66. The van der Waals surface area contributed by atoms with Crippen LogP contribution in [0, 0.1) is 0 Å². The van der Waals surface area contributed by atoms with Gasteiger partial charge in [-0.2, -0.15) is 0 Å². The second kappa shape index (κ2) is 10.0. The Labute approximate surface area is 151 Å². The van der Waals surface area contributed by atoms with E-state index in [1.165, 1.54) is 0 Å². The molecule has 2 atom stereocenters. The molecule has 2 amide bonds. The largest absolute Gasteiger partial charge is 0.496 e. The molecule has 6 nitrogen and oxygen atoms in total. The zero-order valence-electron chi connectivity index (χ0n) is 16.2. The molecule has 0 aliphatic rings. The van der Waals surface area contributed by atoms with Crippen LogP contribution in [0.2, 0.25) is 0 Å². The Morgan fingerprint density at radius 1 is 1.16 bits per heavy atom. The molecule has 1 aromatic rings. The van der Waals surface area contributed by atoms with Gasteiger partial charge in [-0.15, -0.1) is 0 Å². The predicted octanol–water partition coefficient (Wildman–Crippen LogP) is 2.06. The minimum absolute atomic E-state index is 0.0323. The molecule has 0 aliphatic heterocycles. The minimum atomic E-state index is -0.406. The molecule has 0 radical (unpaired) electrons. The first-order valence-corrected chi connectivity index (χ1v) is 8.76. The van der Waals surface area contributed by atoms with Gasteiger partial charge in [-0.3, -0.25) is 14.5 Å². The van der Waals surface area contributed by atoms with Crippen molar-refractivity contribution >= 4 is 11.8 Å². The highest BCUT2D eigenvalue weighted by atomic mass is 16.5. The molecule has 0 saturated carbocycles. The third-order valence-corrected chi connectivity index (χ3v) is 4.51. The molecule has 25 heavy (non-hydrogen) atoms. The van der Waals surface area contributed by atoms with E-state index in [0.717, 1.165) is 11.3 Å². The number of methoxy groups -OCH3 is 1. The van der Waals surface area contributed by atoms with Crippen molar-refractivity contribution in [3.8, 4) is 5.75 Å². The first-order valence-electron chi connectivity index (χ1n) is 8.76. The SMILES string of the molecule is CCN(CC)C(=O)CN(C)C(C)C(=O)NC(C)c1ccccc1OC. The van der Waals surface area contributed by atoms with Gasteiger partial charge in [0.1, 0.15) is 5.75 Å². The molecule has 2 unspecified atom stereocenters. The molecule has 0 aliphatic carbocycles. The lowest BCUT2D eigenvalue weighted by molar-refractivity contribution is -0.133. The Morgan fingerprint density at radius 2 is 1.76 bits per heavy atom. The fourth-order valence-electron chi connectivity index (χ4n) is 2.66. The number of nitrogens with one attached hydrogen (secondary N) is 1. The molecule has 0 bridgehead atoms. The Balaban J connectivity index is 2.68. The van der Waals surface area contributed by atoms with E-state index in [9.17, 15) is 9.59 Å². The van der Waals surface area contributed by atoms with Crippen molar-refractivity contribution in [3.05, 3.63) is 29.8 Å². The van der Waals surface area contributed by atoms with Gasteiger partial charge in [-0.1, -0.05) is 18.2 Å². The van der Waals surface area contributed by atoms with E-state index in [4.69, 9.17) is 4.74 Å². The second-order valence-electron chi connectivity index (χ2n) is 6.13. The Morgan fingerprint density at radius 3 is 2.32 bits per heavy atom. The summed E-state index contributed by atoms with van der Waals surface area (Å²) in [5.41, 5.74) is 0.924. The topological polar surface area (TPSA) is 61.9 Å². The number of para-hydroxylation sites is 1. The zero-order chi connectivity index (χ0) is 19.0. The number of carbonyl (C=O) groups is 2. The Kier molecular flexibility index (Phi) is 8.41. The molecule has 0 aromatic heterocycles. The number of ether oxygens (including phenoxy) is 1. The molecular weight excluding hydrogens is 318 g/mol. The maximum absolute atomic E-state index is 12.5. The molecule has 140 valence electrons. The van der Waals surface area contributed by atoms with Crippen LogP contribution in [0.25, 0.3) is 0 Å². The molecule has 1 aromatic carbocycles. The first kappa shape index (κ1) is 21.0. The van der Waals surface area contributed by atoms with Crippen molar-refractivity contribution in [2.45, 2.75) is 39.8 Å². The lowest BCUT2D eigenvalue weighted by atomic mass is 10.1. The zero-order valence-corrected chi connectivity index (χ0v) is 16.2. The highest BCUT2D eigenvalue weighted by molar-refractivity contribution is 5.83. The Bertz CT molecular complexity index is 573. The molecular formula is C19H31N3O3. The molecule has 0 spiro atoms. The van der Waals surface area contributed by atoms with E-state index >= 15 is 0 Å². The third-order valence-electron chi connectivity index (χ3n) is 4.51. The Hall–Kier alpha value is -2.08. The van der Waals surface area contributed by atoms with E-state index < -0.39 is 6.04 Å². The number of rotatable bonds is 9. The van der Waals surface area contributed by atoms with Crippen LogP contribution in [0.3, 0.4) is 0 Å². The number of carbonyl (C=O) groups excluding carboxylic acids is 2. The van der Waals surface area contributed by atoms with Gasteiger partial charge < -0.3 is 15.0 Å². The van der Waals surface area contributed by atoms with Crippen molar-refractivity contribution in [2.75, 3.05) is 33.8 Å². The number of likely N-dealkylation sites (N-methyl/N-ethyl adjacent to an activating group) is 2. The maximum atomic E-state index is 12.5. The summed E-state index contributed by atoms with van der Waals surface area (Å²) in [6.07, 6.45) is 0. The van der Waals surface area contributed by atoms with Crippen molar-refractivity contribution in [2.24, 2.45) is 0 Å². The van der Waals surface area contributed by atoms with Crippen molar-refractivity contribution in [1.29, 1.82) is 0 Å². The summed E-state index contributed by atoms with van der Waals surface area (Å²) in [5.74, 6) is 0.659. The van der Waals surface area contributed by atoms with Gasteiger partial charge in [0.2, 0.25) is 11.8 Å². The van der Waals surface area contributed by atoms with E-state index in [1.807, 2.05) is 45.0 Å². The van der Waals surface area contributed by atoms with Gasteiger partial charge >= 0.3 is 0 Å². The van der Waals surface area contributed by atoms with Crippen molar-refractivity contribution < 1.29 is 14.3 Å². The highest BCUT2D eigenvalue weighted by Gasteiger charge is 2.23. The standard InChI is InChI=1S/C19H31N3O3/c1-7-22(8-2)18(23)13-21(5)15(4)19(24)20-14(3)16-11-9-10-12-17(16)25-6/h9-12,14-15H,7-8,13H2,1-6H3,(H,20,24). The second-order valence-corrected chi connectivity index (χ2v) is 6.13. The van der Waals surface area contributed by atoms with Crippen LogP contribution in [-0.2, 0) is 9.59 Å². The lowest BCUT2D eigenvalue weighted by Gasteiger charge is -2.28. The monoisotopic (exact) mass is 349 g/mol. The van der Waals surface area contributed by atoms with Crippen LogP contribution in [0.4, 0.5) is 0 Å². The van der Waals surface area contributed by atoms with Crippen LogP contribution in [0.1, 0.15) is 39.3 Å². The summed E-state index contributed by atoms with van der Waals surface area (Å²) in [6.45, 7) is 9.20. The molecule has 0 heterocycles. The summed E-state index contributed by atoms with van der Waals surface area (Å²) in [5, 5.41) is 3.00. The molecule has 1 rings (SSSR count). The van der Waals surface area contributed by atoms with E-state index in [1.54, 1.807) is 30.9 Å².